The van der Waals surface area contributed by atoms with Crippen LogP contribution in [0.15, 0.2) is 108 Å². The predicted molar refractivity (Wildman–Crippen MR) is 195 cm³/mol. The summed E-state index contributed by atoms with van der Waals surface area (Å²) in [4.78, 5) is 9.19. The van der Waals surface area contributed by atoms with Crippen molar-refractivity contribution in [3.8, 4) is 22.6 Å². The van der Waals surface area contributed by atoms with Crippen LogP contribution in [-0.2, 0) is 26.7 Å². The van der Waals surface area contributed by atoms with E-state index in [1.54, 1.807) is 18.2 Å². The van der Waals surface area contributed by atoms with Gasteiger partial charge in [-0.2, -0.15) is 0 Å². The van der Waals surface area contributed by atoms with E-state index in [0.29, 0.717) is 11.8 Å². The van der Waals surface area contributed by atoms with E-state index in [4.69, 9.17) is 14.9 Å². The van der Waals surface area contributed by atoms with Crippen LogP contribution in [0.2, 0.25) is 0 Å². The molecule has 0 bridgehead atoms. The first kappa shape index (κ1) is 29.8. The molecule has 0 saturated carbocycles. The zero-order valence-electron chi connectivity index (χ0n) is 32.3. The van der Waals surface area contributed by atoms with Gasteiger partial charge < -0.3 is 14.0 Å². The molecule has 48 heavy (non-hydrogen) atoms. The summed E-state index contributed by atoms with van der Waals surface area (Å²) in [6.07, 6.45) is 4.54. The molecule has 5 heteroatoms. The molecule has 0 atom stereocenters. The van der Waals surface area contributed by atoms with E-state index < -0.39 is 12.7 Å². The predicted octanol–water partition coefficient (Wildman–Crippen LogP) is 11.5. The molecule has 3 aromatic heterocycles. The molecule has 3 heterocycles. The molecular weight excluding hydrogens is 767 g/mol. The number of aromatic nitrogens is 3. The van der Waals surface area contributed by atoms with Crippen LogP contribution in [0.1, 0.15) is 92.6 Å². The second kappa shape index (κ2) is 15.3. The minimum atomic E-state index is -2.09. The zero-order valence-corrected chi connectivity index (χ0v) is 30.7. The molecule has 4 aromatic carbocycles. The first-order chi connectivity index (χ1) is 24.2. The fraction of sp³-hybridized carbons (Fsp3) is 0.256. The first-order valence-electron chi connectivity index (χ1n) is 18.2. The normalized spacial score (nSPS) is 13.0. The Labute approximate surface area is 304 Å². The van der Waals surface area contributed by atoms with Crippen LogP contribution in [0, 0.1) is 19.2 Å². The second-order valence-corrected chi connectivity index (χ2v) is 12.7. The number of hydrogen-bond donors (Lipinski definition) is 0. The monoisotopic (exact) mass is 814 g/mol. The van der Waals surface area contributed by atoms with Gasteiger partial charge in [-0.3, -0.25) is 4.98 Å². The molecule has 0 fully saturated rings. The van der Waals surface area contributed by atoms with Crippen molar-refractivity contribution in [3.05, 3.63) is 143 Å². The van der Waals surface area contributed by atoms with Gasteiger partial charge in [0.1, 0.15) is 0 Å². The second-order valence-electron chi connectivity index (χ2n) is 12.7. The molecule has 0 unspecified atom stereocenters. The first-order valence-corrected chi connectivity index (χ1v) is 16.2. The minimum Gasteiger partial charge on any atom is -0.557 e. The number of pyridine rings is 1. The molecule has 0 N–H and O–H groups in total. The van der Waals surface area contributed by atoms with E-state index in [1.165, 1.54) is 22.9 Å². The van der Waals surface area contributed by atoms with E-state index in [9.17, 15) is 0 Å². The van der Waals surface area contributed by atoms with E-state index >= 15 is 0 Å². The quantitative estimate of drug-likeness (QED) is 0.151. The average molecular weight is 814 g/mol. The van der Waals surface area contributed by atoms with Crippen molar-refractivity contribution in [2.45, 2.75) is 72.7 Å². The Bertz CT molecular complexity index is 2240. The summed E-state index contributed by atoms with van der Waals surface area (Å²) in [5.41, 5.74) is 10.6. The Morgan fingerprint density at radius 3 is 2.25 bits per heavy atom. The number of imidazole rings is 1. The third kappa shape index (κ3) is 7.38. The molecule has 0 aliphatic heterocycles. The Morgan fingerprint density at radius 2 is 1.60 bits per heavy atom. The maximum Gasteiger partial charge on any atom is 0.0770 e. The largest absolute Gasteiger partial charge is 0.557 e. The standard InChI is InChI=1S/C31H33N2O.C12H10N.Ir/c1-19(2)22-14-15-30-25(16-22)27(18-34-30)31-32-28-12-7-8-13-29(28)33(31)17-26-23(20(3)4)10-9-11-24(26)21(5)6;1-10-7-8-12(13-9-10)11-5-3-2-4-6-11;/h7-16,19-21H,17H2,1-6H3;2-5,7-9H,1H3;/q2*-1;/i19D;1D3;. The van der Waals surface area contributed by atoms with Gasteiger partial charge in [0.25, 0.3) is 0 Å². The summed E-state index contributed by atoms with van der Waals surface area (Å²) in [5.74, 6) is 0.985. The van der Waals surface area contributed by atoms with Gasteiger partial charge in [0.15, 0.2) is 0 Å². The van der Waals surface area contributed by atoms with Gasteiger partial charge in [0.2, 0.25) is 0 Å². The van der Waals surface area contributed by atoms with Gasteiger partial charge in [-0.25, -0.2) is 0 Å². The number of fused-ring (bicyclic) bond motifs is 2. The van der Waals surface area contributed by atoms with Gasteiger partial charge in [-0.05, 0) is 64.7 Å². The average Bonchev–Trinajstić information content (AvgIpc) is 3.69. The summed E-state index contributed by atoms with van der Waals surface area (Å²) < 4.78 is 38.4. The number of nitrogens with zero attached hydrogens (tertiary/aromatic N) is 3. The smallest absolute Gasteiger partial charge is 0.0770 e. The number of furan rings is 1. The summed E-state index contributed by atoms with van der Waals surface area (Å²) in [6.45, 7) is 11.5. The van der Waals surface area contributed by atoms with Crippen LogP contribution in [0.4, 0.5) is 0 Å². The molecular formula is C43H43IrN3O-2. The molecule has 4 nitrogen and oxygen atoms in total. The molecule has 7 aromatic rings. The van der Waals surface area contributed by atoms with Crippen LogP contribution in [0.25, 0.3) is 44.6 Å². The van der Waals surface area contributed by atoms with E-state index in [1.807, 2.05) is 50.2 Å². The Morgan fingerprint density at radius 1 is 0.854 bits per heavy atom. The van der Waals surface area contributed by atoms with Gasteiger partial charge >= 0.3 is 0 Å². The molecule has 0 amide bonds. The van der Waals surface area contributed by atoms with Gasteiger partial charge in [-0.15, -0.1) is 35.9 Å². The van der Waals surface area contributed by atoms with Crippen LogP contribution in [0.3, 0.4) is 0 Å². The SMILES string of the molecule is [2H]C(C)(C)c1ccc2o[c-]c(-c3nc4ccccc4n3Cc3c(C(C)C)cccc3C(C)C)c2c1.[2H]C([2H])([2H])c1ccc(-c2[c-]cccc2)nc1.[Ir]. The molecule has 247 valence electrons. The number of aryl methyl sites for hydroxylation is 1. The van der Waals surface area contributed by atoms with Crippen molar-refractivity contribution in [1.29, 1.82) is 0 Å². The molecule has 0 saturated heterocycles. The zero-order chi connectivity index (χ0) is 36.5. The summed E-state index contributed by atoms with van der Waals surface area (Å²) >= 11 is 0. The molecule has 0 aliphatic carbocycles. The van der Waals surface area contributed by atoms with E-state index in [0.717, 1.165) is 56.8 Å². The van der Waals surface area contributed by atoms with Crippen LogP contribution in [0.5, 0.6) is 0 Å². The summed E-state index contributed by atoms with van der Waals surface area (Å²) in [6, 6.07) is 34.7. The number of rotatable bonds is 7. The topological polar surface area (TPSA) is 43.9 Å². The van der Waals surface area contributed by atoms with Crippen LogP contribution >= 0.6 is 0 Å². The third-order valence-electron chi connectivity index (χ3n) is 8.52. The number of hydrogen-bond acceptors (Lipinski definition) is 3. The van der Waals surface area contributed by atoms with Gasteiger partial charge in [-0.1, -0.05) is 119 Å². The molecule has 0 spiro atoms. The molecule has 1 radical (unpaired) electrons. The van der Waals surface area contributed by atoms with Crippen LogP contribution in [-0.4, -0.2) is 14.5 Å². The Hall–Kier alpha value is -4.31. The summed E-state index contributed by atoms with van der Waals surface area (Å²) in [5, 5.41) is 0.945. The van der Waals surface area contributed by atoms with Crippen molar-refractivity contribution in [3.63, 3.8) is 0 Å². The fourth-order valence-electron chi connectivity index (χ4n) is 6.03. The van der Waals surface area contributed by atoms with Crippen molar-refractivity contribution < 1.29 is 30.0 Å². The molecule has 0 aliphatic rings. The van der Waals surface area contributed by atoms with Crippen LogP contribution < -0.4 is 0 Å². The Kier molecular flexibility index (Phi) is 9.48. The van der Waals surface area contributed by atoms with Crippen molar-refractivity contribution >= 4 is 22.0 Å². The number of benzene rings is 4. The van der Waals surface area contributed by atoms with Gasteiger partial charge in [0.05, 0.1) is 16.9 Å². The van der Waals surface area contributed by atoms with Crippen molar-refractivity contribution in [1.82, 2.24) is 14.5 Å². The van der Waals surface area contributed by atoms with E-state index in [-0.39, 0.29) is 25.7 Å². The fourth-order valence-corrected chi connectivity index (χ4v) is 6.03. The minimum absolute atomic E-state index is 0. The maximum atomic E-state index is 8.52. The third-order valence-corrected chi connectivity index (χ3v) is 8.52. The van der Waals surface area contributed by atoms with Crippen molar-refractivity contribution in [2.75, 3.05) is 0 Å². The summed E-state index contributed by atoms with van der Waals surface area (Å²) in [7, 11) is 0. The van der Waals surface area contributed by atoms with Gasteiger partial charge in [0, 0.05) is 50.2 Å². The number of para-hydroxylation sites is 2. The Balaban J connectivity index is 0.000000258. The maximum absolute atomic E-state index is 8.52. The van der Waals surface area contributed by atoms with Crippen molar-refractivity contribution in [2.24, 2.45) is 0 Å². The molecule has 7 rings (SSSR count). The van der Waals surface area contributed by atoms with E-state index in [2.05, 4.69) is 92.0 Å².